The molecule has 0 spiro atoms. The van der Waals surface area contributed by atoms with Gasteiger partial charge in [-0.3, -0.25) is 0 Å². The molecule has 1 atom stereocenters. The fourth-order valence-electron chi connectivity index (χ4n) is 6.01. The number of piperidine rings is 1. The van der Waals surface area contributed by atoms with Crippen LogP contribution in [-0.2, 0) is 16.0 Å². The van der Waals surface area contributed by atoms with Crippen molar-refractivity contribution in [3.8, 4) is 16.9 Å². The average Bonchev–Trinajstić information content (AvgIpc) is 3.01. The zero-order valence-corrected chi connectivity index (χ0v) is 29.1. The van der Waals surface area contributed by atoms with Crippen molar-refractivity contribution in [3.63, 3.8) is 0 Å². The zero-order chi connectivity index (χ0) is 34.6. The van der Waals surface area contributed by atoms with Gasteiger partial charge in [-0.1, -0.05) is 38.1 Å². The molecule has 3 heterocycles. The molecule has 0 radical (unpaired) electrons. The highest BCUT2D eigenvalue weighted by molar-refractivity contribution is 5.93. The van der Waals surface area contributed by atoms with Crippen LogP contribution in [0, 0.1) is 25.1 Å². The minimum absolute atomic E-state index is 0.173. The van der Waals surface area contributed by atoms with Crippen LogP contribution in [0.2, 0.25) is 0 Å². The van der Waals surface area contributed by atoms with E-state index in [1.165, 1.54) is 12.1 Å². The third-order valence-electron chi connectivity index (χ3n) is 8.67. The van der Waals surface area contributed by atoms with Gasteiger partial charge < -0.3 is 24.8 Å². The molecule has 48 heavy (non-hydrogen) atoms. The largest absolute Gasteiger partial charge is 0.493 e. The minimum atomic E-state index is -1.23. The van der Waals surface area contributed by atoms with E-state index in [1.54, 1.807) is 18.3 Å². The molecule has 1 saturated heterocycles. The van der Waals surface area contributed by atoms with Gasteiger partial charge in [0.2, 0.25) is 0 Å². The van der Waals surface area contributed by atoms with E-state index in [9.17, 15) is 14.3 Å². The molecular weight excluding hydrogens is 607 g/mol. The second-order valence-electron chi connectivity index (χ2n) is 14.4. The molecule has 0 saturated carbocycles. The molecule has 254 valence electrons. The summed E-state index contributed by atoms with van der Waals surface area (Å²) in [6.45, 7) is 16.0. The molecule has 0 bridgehead atoms. The Morgan fingerprint density at radius 2 is 1.71 bits per heavy atom. The SMILES string of the molecule is Cc1ccnc(Nc2nc(C)c(C(OC(C)(C)C)C(=O)O)c(N3CCC(C)(C)CC3)c2-c2ccc(OCCc3ccc(F)cc3)cc2)c1. The fourth-order valence-corrected chi connectivity index (χ4v) is 6.01. The molecule has 2 N–H and O–H groups in total. The molecule has 1 fully saturated rings. The number of rotatable bonds is 11. The first-order chi connectivity index (χ1) is 22.7. The van der Waals surface area contributed by atoms with E-state index in [2.05, 4.69) is 29.0 Å². The lowest BCUT2D eigenvalue weighted by atomic mass is 9.82. The van der Waals surface area contributed by atoms with Crippen LogP contribution in [0.1, 0.15) is 75.9 Å². The fraction of sp³-hybridized carbons (Fsp3) is 0.410. The maximum absolute atomic E-state index is 13.3. The van der Waals surface area contributed by atoms with Crippen molar-refractivity contribution in [2.75, 3.05) is 29.9 Å². The topological polar surface area (TPSA) is 96.8 Å². The zero-order valence-electron chi connectivity index (χ0n) is 29.1. The third kappa shape index (κ3) is 8.69. The third-order valence-corrected chi connectivity index (χ3v) is 8.67. The molecule has 0 aliphatic carbocycles. The number of aliphatic carboxylic acids is 1. The van der Waals surface area contributed by atoms with Gasteiger partial charge >= 0.3 is 5.97 Å². The predicted octanol–water partition coefficient (Wildman–Crippen LogP) is 8.83. The summed E-state index contributed by atoms with van der Waals surface area (Å²) in [6.07, 6.45) is 3.07. The monoisotopic (exact) mass is 654 g/mol. The Kier molecular flexibility index (Phi) is 10.4. The molecular formula is C39H47FN4O4. The van der Waals surface area contributed by atoms with Crippen molar-refractivity contribution >= 4 is 23.3 Å². The highest BCUT2D eigenvalue weighted by Crippen LogP contribution is 2.47. The minimum Gasteiger partial charge on any atom is -0.493 e. The van der Waals surface area contributed by atoms with Crippen LogP contribution in [-0.4, -0.2) is 46.3 Å². The van der Waals surface area contributed by atoms with E-state index < -0.39 is 17.7 Å². The number of aromatic nitrogens is 2. The lowest BCUT2D eigenvalue weighted by molar-refractivity contribution is -0.160. The molecule has 1 aliphatic heterocycles. The maximum Gasteiger partial charge on any atom is 0.337 e. The highest BCUT2D eigenvalue weighted by Gasteiger charge is 2.37. The van der Waals surface area contributed by atoms with Crippen molar-refractivity contribution in [1.82, 2.24) is 9.97 Å². The lowest BCUT2D eigenvalue weighted by Crippen LogP contribution is -2.39. The van der Waals surface area contributed by atoms with E-state index in [0.717, 1.165) is 53.9 Å². The highest BCUT2D eigenvalue weighted by atomic mass is 19.1. The van der Waals surface area contributed by atoms with E-state index in [4.69, 9.17) is 14.5 Å². The molecule has 4 aromatic rings. The number of pyridine rings is 2. The van der Waals surface area contributed by atoms with Gasteiger partial charge in [0, 0.05) is 42.5 Å². The Balaban J connectivity index is 1.63. The number of hydrogen-bond acceptors (Lipinski definition) is 7. The predicted molar refractivity (Wildman–Crippen MR) is 189 cm³/mol. The summed E-state index contributed by atoms with van der Waals surface area (Å²) >= 11 is 0. The number of hydrogen-bond donors (Lipinski definition) is 2. The van der Waals surface area contributed by atoms with Crippen molar-refractivity contribution in [3.05, 3.63) is 95.1 Å². The summed E-state index contributed by atoms with van der Waals surface area (Å²) in [5.41, 5.74) is 5.05. The van der Waals surface area contributed by atoms with E-state index in [-0.39, 0.29) is 11.2 Å². The molecule has 9 heteroatoms. The van der Waals surface area contributed by atoms with Crippen LogP contribution in [0.5, 0.6) is 5.75 Å². The number of carboxylic acid groups (broad SMARTS) is 1. The maximum atomic E-state index is 13.3. The van der Waals surface area contributed by atoms with Gasteiger partial charge in [-0.15, -0.1) is 0 Å². The Hall–Kier alpha value is -4.50. The van der Waals surface area contributed by atoms with Crippen LogP contribution >= 0.6 is 0 Å². The molecule has 1 aliphatic rings. The normalized spacial score (nSPS) is 15.2. The number of halogens is 1. The number of ether oxygens (including phenoxy) is 2. The van der Waals surface area contributed by atoms with Gasteiger partial charge in [-0.05, 0) is 106 Å². The van der Waals surface area contributed by atoms with E-state index >= 15 is 0 Å². The van der Waals surface area contributed by atoms with Crippen LogP contribution in [0.4, 0.5) is 21.7 Å². The van der Waals surface area contributed by atoms with Gasteiger partial charge in [-0.25, -0.2) is 19.2 Å². The number of anilines is 3. The van der Waals surface area contributed by atoms with Crippen molar-refractivity contribution in [1.29, 1.82) is 0 Å². The Labute approximate surface area is 283 Å². The van der Waals surface area contributed by atoms with Crippen molar-refractivity contribution < 1.29 is 23.8 Å². The van der Waals surface area contributed by atoms with Crippen molar-refractivity contribution in [2.24, 2.45) is 5.41 Å². The Bertz CT molecular complexity index is 1720. The Morgan fingerprint density at radius 1 is 1.04 bits per heavy atom. The first kappa shape index (κ1) is 34.8. The molecule has 2 aromatic heterocycles. The van der Waals surface area contributed by atoms with Gasteiger partial charge in [0.25, 0.3) is 0 Å². The molecule has 2 aromatic carbocycles. The molecule has 8 nitrogen and oxygen atoms in total. The molecule has 1 unspecified atom stereocenters. The first-order valence-electron chi connectivity index (χ1n) is 16.6. The van der Waals surface area contributed by atoms with Crippen LogP contribution < -0.4 is 15.0 Å². The summed E-state index contributed by atoms with van der Waals surface area (Å²) in [7, 11) is 0. The number of carboxylic acids is 1. The standard InChI is InChI=1S/C39H47FN4O4/c1-25-16-20-41-31(24-25)43-36-33(28-10-14-30(15-11-28)47-23-17-27-8-12-29(40)13-9-27)34(44-21-18-39(6,7)19-22-44)32(26(2)42-36)35(37(45)46)48-38(3,4)5/h8-16,20,24,35H,17-19,21-23H2,1-7H3,(H,45,46)(H,41,42,43). The summed E-state index contributed by atoms with van der Waals surface area (Å²) < 4.78 is 25.7. The lowest BCUT2D eigenvalue weighted by Gasteiger charge is -2.41. The molecule has 5 rings (SSSR count). The van der Waals surface area contributed by atoms with Gasteiger partial charge in [0.05, 0.1) is 17.9 Å². The number of aryl methyl sites for hydroxylation is 2. The van der Waals surface area contributed by atoms with Gasteiger partial charge in [0.15, 0.2) is 6.10 Å². The smallest absolute Gasteiger partial charge is 0.337 e. The van der Waals surface area contributed by atoms with Crippen LogP contribution in [0.25, 0.3) is 11.1 Å². The number of nitrogens with one attached hydrogen (secondary N) is 1. The van der Waals surface area contributed by atoms with Crippen LogP contribution in [0.15, 0.2) is 66.9 Å². The number of carbonyl (C=O) groups is 1. The molecule has 0 amide bonds. The second-order valence-corrected chi connectivity index (χ2v) is 14.4. The summed E-state index contributed by atoms with van der Waals surface area (Å²) in [4.78, 5) is 24.8. The average molecular weight is 655 g/mol. The Morgan fingerprint density at radius 3 is 2.31 bits per heavy atom. The number of benzene rings is 2. The first-order valence-corrected chi connectivity index (χ1v) is 16.6. The summed E-state index contributed by atoms with van der Waals surface area (Å²) in [6, 6.07) is 18.1. The quantitative estimate of drug-likeness (QED) is 0.166. The van der Waals surface area contributed by atoms with E-state index in [0.29, 0.717) is 41.7 Å². The van der Waals surface area contributed by atoms with E-state index in [1.807, 2.05) is 71.0 Å². The second kappa shape index (κ2) is 14.3. The van der Waals surface area contributed by atoms with Crippen LogP contribution in [0.3, 0.4) is 0 Å². The van der Waals surface area contributed by atoms with Gasteiger partial charge in [0.1, 0.15) is 23.2 Å². The number of nitrogens with zero attached hydrogens (tertiary/aromatic N) is 3. The summed E-state index contributed by atoms with van der Waals surface area (Å²) in [5, 5.41) is 14.1. The van der Waals surface area contributed by atoms with Crippen molar-refractivity contribution in [2.45, 2.75) is 79.4 Å². The van der Waals surface area contributed by atoms with Gasteiger partial charge in [-0.2, -0.15) is 0 Å². The summed E-state index contributed by atoms with van der Waals surface area (Å²) in [5.74, 6) is 0.590.